The summed E-state index contributed by atoms with van der Waals surface area (Å²) in [6, 6.07) is 19.9. The summed E-state index contributed by atoms with van der Waals surface area (Å²) in [6.07, 6.45) is 1.08. The molecule has 0 saturated carbocycles. The number of benzene rings is 3. The Morgan fingerprint density at radius 1 is 1.16 bits per heavy atom. The molecule has 1 aliphatic rings. The number of hydrogen-bond acceptors (Lipinski definition) is 2. The second-order valence-electron chi connectivity index (χ2n) is 9.44. The molecular formula is C28H33ClN2. The summed E-state index contributed by atoms with van der Waals surface area (Å²) < 4.78 is 0. The minimum Gasteiger partial charge on any atom is -0.350 e. The van der Waals surface area contributed by atoms with Gasteiger partial charge in [-0.05, 0) is 81.0 Å². The van der Waals surface area contributed by atoms with Crippen molar-refractivity contribution >= 4 is 33.8 Å². The molecule has 0 amide bonds. The van der Waals surface area contributed by atoms with Crippen molar-refractivity contribution in [2.24, 2.45) is 4.99 Å². The normalized spacial score (nSPS) is 19.4. The fourth-order valence-corrected chi connectivity index (χ4v) is 5.86. The third kappa shape index (κ3) is 3.87. The number of fused-ring (bicyclic) bond motifs is 2. The van der Waals surface area contributed by atoms with Crippen LogP contribution >= 0.6 is 11.6 Å². The van der Waals surface area contributed by atoms with Crippen molar-refractivity contribution in [2.75, 3.05) is 11.4 Å². The van der Waals surface area contributed by atoms with E-state index in [1.165, 1.54) is 38.7 Å². The van der Waals surface area contributed by atoms with Crippen molar-refractivity contribution < 1.29 is 0 Å². The highest BCUT2D eigenvalue weighted by atomic mass is 35.5. The van der Waals surface area contributed by atoms with E-state index in [1.807, 2.05) is 0 Å². The van der Waals surface area contributed by atoms with E-state index in [4.69, 9.17) is 16.6 Å². The maximum atomic E-state index is 6.65. The lowest BCUT2D eigenvalue weighted by Crippen LogP contribution is -2.51. The molecule has 0 radical (unpaired) electrons. The van der Waals surface area contributed by atoms with Gasteiger partial charge in [0.05, 0.1) is 5.71 Å². The molecule has 4 rings (SSSR count). The molecule has 31 heavy (non-hydrogen) atoms. The zero-order valence-electron chi connectivity index (χ0n) is 19.5. The molecule has 2 unspecified atom stereocenters. The number of rotatable bonds is 4. The SMILES string of the molecule is CC/N=C(\c1ccc2c(c1)C(C)CC(C)(C)N2C(C)Cl)c1cccc2cccc(C)c12. The van der Waals surface area contributed by atoms with E-state index >= 15 is 0 Å². The van der Waals surface area contributed by atoms with E-state index in [2.05, 4.69) is 101 Å². The van der Waals surface area contributed by atoms with Gasteiger partial charge in [0.25, 0.3) is 0 Å². The van der Waals surface area contributed by atoms with Crippen LogP contribution in [0, 0.1) is 6.92 Å². The molecule has 1 aliphatic heterocycles. The van der Waals surface area contributed by atoms with Gasteiger partial charge >= 0.3 is 0 Å². The Hall–Kier alpha value is -2.32. The van der Waals surface area contributed by atoms with E-state index in [0.717, 1.165) is 18.7 Å². The number of halogens is 1. The molecule has 0 aromatic heterocycles. The Morgan fingerprint density at radius 3 is 2.55 bits per heavy atom. The molecule has 2 nitrogen and oxygen atoms in total. The molecule has 0 N–H and O–H groups in total. The molecule has 0 saturated heterocycles. The quantitative estimate of drug-likeness (QED) is 0.234. The standard InChI is InChI=1S/C28H33ClN2/c1-7-30-27(23-13-9-12-21-11-8-10-18(2)26(21)23)22-14-15-25-24(16-22)19(3)17-28(5,6)31(25)20(4)29/h8-16,19-20H,7,17H2,1-6H3/b30-27+. The summed E-state index contributed by atoms with van der Waals surface area (Å²) in [5.74, 6) is 0.466. The first-order valence-corrected chi connectivity index (χ1v) is 11.8. The number of anilines is 1. The first kappa shape index (κ1) is 21.9. The van der Waals surface area contributed by atoms with Crippen LogP contribution in [0.3, 0.4) is 0 Å². The smallest absolute Gasteiger partial charge is 0.101 e. The number of alkyl halides is 1. The van der Waals surface area contributed by atoms with Crippen LogP contribution in [0.4, 0.5) is 5.69 Å². The maximum absolute atomic E-state index is 6.65. The zero-order valence-corrected chi connectivity index (χ0v) is 20.3. The maximum Gasteiger partial charge on any atom is 0.101 e. The van der Waals surface area contributed by atoms with Crippen LogP contribution in [0.25, 0.3) is 10.8 Å². The van der Waals surface area contributed by atoms with E-state index in [-0.39, 0.29) is 11.0 Å². The Kier molecular flexibility index (Phi) is 5.87. The fraction of sp³-hybridized carbons (Fsp3) is 0.393. The van der Waals surface area contributed by atoms with E-state index in [9.17, 15) is 0 Å². The summed E-state index contributed by atoms with van der Waals surface area (Å²) in [6.45, 7) is 14.0. The predicted molar refractivity (Wildman–Crippen MR) is 136 cm³/mol. The Bertz CT molecular complexity index is 1140. The third-order valence-electron chi connectivity index (χ3n) is 6.59. The topological polar surface area (TPSA) is 15.6 Å². The first-order valence-electron chi connectivity index (χ1n) is 11.4. The summed E-state index contributed by atoms with van der Waals surface area (Å²) in [5, 5.41) is 2.55. The molecule has 0 spiro atoms. The van der Waals surface area contributed by atoms with E-state index in [1.54, 1.807) is 0 Å². The molecule has 162 valence electrons. The van der Waals surface area contributed by atoms with Gasteiger partial charge in [-0.3, -0.25) is 4.99 Å². The van der Waals surface area contributed by atoms with Crippen LogP contribution in [0.5, 0.6) is 0 Å². The highest BCUT2D eigenvalue weighted by Gasteiger charge is 2.38. The molecule has 3 aromatic rings. The van der Waals surface area contributed by atoms with E-state index in [0.29, 0.717) is 5.92 Å². The van der Waals surface area contributed by atoms with Crippen LogP contribution in [0.1, 0.15) is 69.2 Å². The van der Waals surface area contributed by atoms with Gasteiger partial charge in [-0.25, -0.2) is 0 Å². The highest BCUT2D eigenvalue weighted by molar-refractivity contribution is 6.22. The van der Waals surface area contributed by atoms with Crippen molar-refractivity contribution in [3.05, 3.63) is 76.9 Å². The molecule has 0 bridgehead atoms. The first-order chi connectivity index (χ1) is 14.7. The van der Waals surface area contributed by atoms with Gasteiger partial charge in [-0.15, -0.1) is 0 Å². The summed E-state index contributed by atoms with van der Waals surface area (Å²) in [5.41, 5.74) is 7.35. The molecule has 0 aliphatic carbocycles. The molecule has 0 fully saturated rings. The number of nitrogens with zero attached hydrogens (tertiary/aromatic N) is 2. The number of aryl methyl sites for hydroxylation is 1. The molecule has 1 heterocycles. The summed E-state index contributed by atoms with van der Waals surface area (Å²) in [4.78, 5) is 7.36. The third-order valence-corrected chi connectivity index (χ3v) is 6.78. The van der Waals surface area contributed by atoms with Gasteiger partial charge in [0, 0.05) is 28.9 Å². The van der Waals surface area contributed by atoms with Crippen molar-refractivity contribution in [1.82, 2.24) is 0 Å². The van der Waals surface area contributed by atoms with Crippen molar-refractivity contribution in [1.29, 1.82) is 0 Å². The lowest BCUT2D eigenvalue weighted by Gasteiger charge is -2.49. The number of aliphatic imine (C=N–C) groups is 1. The lowest BCUT2D eigenvalue weighted by molar-refractivity contribution is 0.373. The summed E-state index contributed by atoms with van der Waals surface area (Å²) in [7, 11) is 0. The van der Waals surface area contributed by atoms with Gasteiger partial charge in [-0.2, -0.15) is 0 Å². The van der Waals surface area contributed by atoms with Crippen LogP contribution in [-0.4, -0.2) is 23.3 Å². The van der Waals surface area contributed by atoms with Gasteiger partial charge in [0.2, 0.25) is 0 Å². The minimum absolute atomic E-state index is 0.0299. The number of hydrogen-bond donors (Lipinski definition) is 0. The molecule has 3 aromatic carbocycles. The van der Waals surface area contributed by atoms with E-state index < -0.39 is 0 Å². The zero-order chi connectivity index (χ0) is 22.3. The van der Waals surface area contributed by atoms with Crippen LogP contribution in [0.2, 0.25) is 0 Å². The largest absolute Gasteiger partial charge is 0.350 e. The minimum atomic E-state index is -0.0587. The van der Waals surface area contributed by atoms with Crippen LogP contribution < -0.4 is 4.90 Å². The van der Waals surface area contributed by atoms with Crippen molar-refractivity contribution in [3.63, 3.8) is 0 Å². The Balaban J connectivity index is 1.90. The fourth-order valence-electron chi connectivity index (χ4n) is 5.49. The monoisotopic (exact) mass is 432 g/mol. The second kappa shape index (κ2) is 8.31. The van der Waals surface area contributed by atoms with Crippen molar-refractivity contribution in [3.8, 4) is 0 Å². The molecular weight excluding hydrogens is 400 g/mol. The second-order valence-corrected chi connectivity index (χ2v) is 10.1. The van der Waals surface area contributed by atoms with Gasteiger partial charge in [0.15, 0.2) is 0 Å². The van der Waals surface area contributed by atoms with Gasteiger partial charge < -0.3 is 4.90 Å². The van der Waals surface area contributed by atoms with Crippen molar-refractivity contribution in [2.45, 2.75) is 64.9 Å². The average Bonchev–Trinajstić information content (AvgIpc) is 2.71. The highest BCUT2D eigenvalue weighted by Crippen LogP contribution is 2.45. The predicted octanol–water partition coefficient (Wildman–Crippen LogP) is 7.68. The Morgan fingerprint density at radius 2 is 1.87 bits per heavy atom. The van der Waals surface area contributed by atoms with Crippen LogP contribution in [-0.2, 0) is 0 Å². The van der Waals surface area contributed by atoms with Gasteiger partial charge in [0.1, 0.15) is 5.50 Å². The summed E-state index contributed by atoms with van der Waals surface area (Å²) >= 11 is 6.65. The van der Waals surface area contributed by atoms with Gasteiger partial charge in [-0.1, -0.05) is 61.0 Å². The molecule has 2 atom stereocenters. The molecule has 3 heteroatoms. The van der Waals surface area contributed by atoms with Crippen LogP contribution in [0.15, 0.2) is 59.6 Å². The Labute approximate surface area is 192 Å². The average molecular weight is 433 g/mol. The lowest BCUT2D eigenvalue weighted by atomic mass is 9.79.